The summed E-state index contributed by atoms with van der Waals surface area (Å²) in [6.45, 7) is 6.06. The second-order valence-corrected chi connectivity index (χ2v) is 5.57. The minimum absolute atomic E-state index is 0.00491. The molecule has 0 aliphatic heterocycles. The van der Waals surface area contributed by atoms with Gasteiger partial charge in [-0.2, -0.15) is 0 Å². The molecule has 82 valence electrons. The zero-order valence-electron chi connectivity index (χ0n) is 9.55. The standard InChI is InChI=1S/C12H22O2/c1-12(2,3)10(8-13)11(14)7-9-5-4-6-9/h9-10,13H,4-8H2,1-3H3. The smallest absolute Gasteiger partial charge is 0.139 e. The first-order valence-electron chi connectivity index (χ1n) is 5.58. The average molecular weight is 198 g/mol. The lowest BCUT2D eigenvalue weighted by Gasteiger charge is -2.31. The molecule has 0 spiro atoms. The summed E-state index contributed by atoms with van der Waals surface area (Å²) in [6, 6.07) is 0. The Balaban J connectivity index is 2.47. The van der Waals surface area contributed by atoms with Crippen molar-refractivity contribution in [3.05, 3.63) is 0 Å². The highest BCUT2D eigenvalue weighted by Crippen LogP contribution is 2.34. The van der Waals surface area contributed by atoms with Crippen LogP contribution in [0.25, 0.3) is 0 Å². The first-order valence-corrected chi connectivity index (χ1v) is 5.58. The first kappa shape index (κ1) is 11.7. The van der Waals surface area contributed by atoms with Crippen molar-refractivity contribution in [2.45, 2.75) is 46.5 Å². The molecule has 0 amide bonds. The summed E-state index contributed by atoms with van der Waals surface area (Å²) >= 11 is 0. The molecule has 0 aromatic heterocycles. The summed E-state index contributed by atoms with van der Waals surface area (Å²) < 4.78 is 0. The van der Waals surface area contributed by atoms with Crippen LogP contribution >= 0.6 is 0 Å². The van der Waals surface area contributed by atoms with E-state index in [2.05, 4.69) is 0 Å². The Morgan fingerprint density at radius 1 is 1.43 bits per heavy atom. The van der Waals surface area contributed by atoms with Crippen molar-refractivity contribution >= 4 is 5.78 Å². The molecule has 1 aliphatic carbocycles. The topological polar surface area (TPSA) is 37.3 Å². The van der Waals surface area contributed by atoms with Crippen molar-refractivity contribution in [2.24, 2.45) is 17.3 Å². The van der Waals surface area contributed by atoms with Crippen LogP contribution in [0.5, 0.6) is 0 Å². The number of hydrogen-bond acceptors (Lipinski definition) is 2. The minimum atomic E-state index is -0.178. The lowest BCUT2D eigenvalue weighted by Crippen LogP contribution is -2.33. The zero-order valence-corrected chi connectivity index (χ0v) is 9.55. The Morgan fingerprint density at radius 3 is 2.29 bits per heavy atom. The van der Waals surface area contributed by atoms with Crippen LogP contribution in [-0.4, -0.2) is 17.5 Å². The number of aliphatic hydroxyl groups is 1. The highest BCUT2D eigenvalue weighted by Gasteiger charge is 2.32. The summed E-state index contributed by atoms with van der Waals surface area (Å²) in [4.78, 5) is 11.9. The van der Waals surface area contributed by atoms with E-state index in [1.165, 1.54) is 19.3 Å². The Hall–Kier alpha value is -0.370. The van der Waals surface area contributed by atoms with Gasteiger partial charge < -0.3 is 5.11 Å². The molecule has 2 nitrogen and oxygen atoms in total. The molecule has 14 heavy (non-hydrogen) atoms. The Labute approximate surface area is 86.7 Å². The molecule has 0 bridgehead atoms. The molecule has 0 heterocycles. The van der Waals surface area contributed by atoms with E-state index in [9.17, 15) is 9.90 Å². The van der Waals surface area contributed by atoms with Crippen LogP contribution in [0.4, 0.5) is 0 Å². The fourth-order valence-electron chi connectivity index (χ4n) is 1.98. The maximum atomic E-state index is 11.9. The summed E-state index contributed by atoms with van der Waals surface area (Å²) in [7, 11) is 0. The second-order valence-electron chi connectivity index (χ2n) is 5.57. The highest BCUT2D eigenvalue weighted by molar-refractivity contribution is 5.82. The van der Waals surface area contributed by atoms with E-state index >= 15 is 0 Å². The number of hydrogen-bond donors (Lipinski definition) is 1. The molecule has 1 N–H and O–H groups in total. The molecule has 1 aliphatic rings. The van der Waals surface area contributed by atoms with Gasteiger partial charge in [-0.25, -0.2) is 0 Å². The number of rotatable bonds is 4. The Kier molecular flexibility index (Phi) is 3.71. The quantitative estimate of drug-likeness (QED) is 0.753. The summed E-state index contributed by atoms with van der Waals surface area (Å²) in [5.74, 6) is 0.687. The SMILES string of the molecule is CC(C)(C)C(CO)C(=O)CC1CCC1. The molecular weight excluding hydrogens is 176 g/mol. The lowest BCUT2D eigenvalue weighted by molar-refractivity contribution is -0.129. The largest absolute Gasteiger partial charge is 0.396 e. The van der Waals surface area contributed by atoms with Gasteiger partial charge in [-0.3, -0.25) is 4.79 Å². The van der Waals surface area contributed by atoms with Crippen molar-refractivity contribution in [3.8, 4) is 0 Å². The fourth-order valence-corrected chi connectivity index (χ4v) is 1.98. The van der Waals surface area contributed by atoms with E-state index in [-0.39, 0.29) is 23.7 Å². The van der Waals surface area contributed by atoms with Crippen LogP contribution in [0.1, 0.15) is 46.5 Å². The minimum Gasteiger partial charge on any atom is -0.396 e. The van der Waals surface area contributed by atoms with Gasteiger partial charge in [0.1, 0.15) is 5.78 Å². The molecule has 0 saturated heterocycles. The number of carbonyl (C=O) groups is 1. The fraction of sp³-hybridized carbons (Fsp3) is 0.917. The average Bonchev–Trinajstić information content (AvgIpc) is 1.95. The van der Waals surface area contributed by atoms with Gasteiger partial charge in [0, 0.05) is 12.3 Å². The molecule has 1 saturated carbocycles. The Bertz CT molecular complexity index is 199. The van der Waals surface area contributed by atoms with Crippen molar-refractivity contribution in [2.75, 3.05) is 6.61 Å². The van der Waals surface area contributed by atoms with Gasteiger partial charge >= 0.3 is 0 Å². The van der Waals surface area contributed by atoms with Crippen molar-refractivity contribution < 1.29 is 9.90 Å². The molecule has 0 aromatic carbocycles. The number of Topliss-reactive ketones (excluding diaryl/α,β-unsaturated/α-hetero) is 1. The molecule has 2 heteroatoms. The first-order chi connectivity index (χ1) is 6.45. The molecule has 0 aromatic rings. The molecule has 1 rings (SSSR count). The summed E-state index contributed by atoms with van der Waals surface area (Å²) in [5, 5.41) is 9.21. The monoisotopic (exact) mass is 198 g/mol. The summed E-state index contributed by atoms with van der Waals surface area (Å²) in [5.41, 5.74) is -0.102. The van der Waals surface area contributed by atoms with Gasteiger partial charge in [-0.15, -0.1) is 0 Å². The molecule has 0 radical (unpaired) electrons. The van der Waals surface area contributed by atoms with Crippen LogP contribution in [0.15, 0.2) is 0 Å². The molecule has 1 unspecified atom stereocenters. The van der Waals surface area contributed by atoms with Gasteiger partial charge in [0.05, 0.1) is 6.61 Å². The zero-order chi connectivity index (χ0) is 10.8. The Morgan fingerprint density at radius 2 is 2.00 bits per heavy atom. The maximum absolute atomic E-state index is 11.9. The van der Waals surface area contributed by atoms with E-state index in [1.54, 1.807) is 0 Å². The third-order valence-corrected chi connectivity index (χ3v) is 3.33. The van der Waals surface area contributed by atoms with Gasteiger partial charge in [-0.1, -0.05) is 40.0 Å². The number of ketones is 1. The number of carbonyl (C=O) groups excluding carboxylic acids is 1. The number of aliphatic hydroxyl groups excluding tert-OH is 1. The van der Waals surface area contributed by atoms with E-state index in [4.69, 9.17) is 0 Å². The third kappa shape index (κ3) is 2.81. The van der Waals surface area contributed by atoms with Gasteiger partial charge in [-0.05, 0) is 11.3 Å². The van der Waals surface area contributed by atoms with Crippen molar-refractivity contribution in [3.63, 3.8) is 0 Å². The van der Waals surface area contributed by atoms with Gasteiger partial charge in [0.2, 0.25) is 0 Å². The molecular formula is C12H22O2. The van der Waals surface area contributed by atoms with Crippen LogP contribution < -0.4 is 0 Å². The second kappa shape index (κ2) is 4.43. The third-order valence-electron chi connectivity index (χ3n) is 3.33. The highest BCUT2D eigenvalue weighted by atomic mass is 16.3. The van der Waals surface area contributed by atoms with E-state index < -0.39 is 0 Å². The van der Waals surface area contributed by atoms with Crippen LogP contribution in [0.3, 0.4) is 0 Å². The van der Waals surface area contributed by atoms with Crippen molar-refractivity contribution in [1.82, 2.24) is 0 Å². The van der Waals surface area contributed by atoms with Crippen LogP contribution in [0, 0.1) is 17.3 Å². The van der Waals surface area contributed by atoms with Crippen molar-refractivity contribution in [1.29, 1.82) is 0 Å². The van der Waals surface area contributed by atoms with E-state index in [0.717, 1.165) is 0 Å². The molecule has 1 fully saturated rings. The van der Waals surface area contributed by atoms with E-state index in [0.29, 0.717) is 12.3 Å². The maximum Gasteiger partial charge on any atom is 0.139 e. The van der Waals surface area contributed by atoms with Gasteiger partial charge in [0.25, 0.3) is 0 Å². The lowest BCUT2D eigenvalue weighted by atomic mass is 9.73. The predicted molar refractivity (Wildman–Crippen MR) is 57.0 cm³/mol. The molecule has 1 atom stereocenters. The van der Waals surface area contributed by atoms with E-state index in [1.807, 2.05) is 20.8 Å². The van der Waals surface area contributed by atoms with Crippen LogP contribution in [-0.2, 0) is 4.79 Å². The van der Waals surface area contributed by atoms with Crippen LogP contribution in [0.2, 0.25) is 0 Å². The predicted octanol–water partition coefficient (Wildman–Crippen LogP) is 2.40. The van der Waals surface area contributed by atoms with Gasteiger partial charge in [0.15, 0.2) is 0 Å². The normalized spacial score (nSPS) is 20.3. The summed E-state index contributed by atoms with van der Waals surface area (Å²) in [6.07, 6.45) is 4.36.